The van der Waals surface area contributed by atoms with Gasteiger partial charge in [-0.3, -0.25) is 14.6 Å². The van der Waals surface area contributed by atoms with Crippen LogP contribution in [-0.2, 0) is 17.6 Å². The molecular formula is C19H20N2O4S. The lowest BCUT2D eigenvalue weighted by atomic mass is 10.1. The van der Waals surface area contributed by atoms with E-state index in [0.29, 0.717) is 19.4 Å². The molecule has 1 unspecified atom stereocenters. The third-order valence-electron chi connectivity index (χ3n) is 4.09. The van der Waals surface area contributed by atoms with Crippen LogP contribution >= 0.6 is 11.8 Å². The summed E-state index contributed by atoms with van der Waals surface area (Å²) in [5, 5.41) is 11.7. The summed E-state index contributed by atoms with van der Waals surface area (Å²) in [7, 11) is 0. The molecule has 136 valence electrons. The molecule has 6 nitrogen and oxygen atoms in total. The SMILES string of the molecule is C[C@@H](O)c1ccc(CCOc2ccc(CC3NC(=O)SC3=O)cc2)nc1. The zero-order valence-corrected chi connectivity index (χ0v) is 15.2. The zero-order chi connectivity index (χ0) is 18.5. The number of carbonyl (C=O) groups is 2. The van der Waals surface area contributed by atoms with Crippen molar-refractivity contribution in [3.05, 3.63) is 59.4 Å². The molecule has 0 spiro atoms. The van der Waals surface area contributed by atoms with Gasteiger partial charge in [0.1, 0.15) is 11.8 Å². The minimum atomic E-state index is -0.516. The highest BCUT2D eigenvalue weighted by molar-refractivity contribution is 8.26. The Balaban J connectivity index is 1.47. The van der Waals surface area contributed by atoms with Gasteiger partial charge in [-0.15, -0.1) is 0 Å². The monoisotopic (exact) mass is 372 g/mol. The van der Waals surface area contributed by atoms with Crippen LogP contribution < -0.4 is 10.1 Å². The molecule has 7 heteroatoms. The van der Waals surface area contributed by atoms with Gasteiger partial charge in [0.25, 0.3) is 5.24 Å². The summed E-state index contributed by atoms with van der Waals surface area (Å²) >= 11 is 0.729. The normalized spacial score (nSPS) is 17.8. The van der Waals surface area contributed by atoms with E-state index in [2.05, 4.69) is 10.3 Å². The van der Waals surface area contributed by atoms with Crippen molar-refractivity contribution in [1.82, 2.24) is 10.3 Å². The molecule has 1 fully saturated rings. The van der Waals surface area contributed by atoms with Gasteiger partial charge in [-0.2, -0.15) is 0 Å². The first-order chi connectivity index (χ1) is 12.5. The predicted molar refractivity (Wildman–Crippen MR) is 99.1 cm³/mol. The second-order valence-corrected chi connectivity index (χ2v) is 7.09. The van der Waals surface area contributed by atoms with Gasteiger partial charge in [-0.1, -0.05) is 18.2 Å². The molecule has 0 aliphatic carbocycles. The maximum absolute atomic E-state index is 11.6. The van der Waals surface area contributed by atoms with Gasteiger partial charge in [0.15, 0.2) is 0 Å². The summed E-state index contributed by atoms with van der Waals surface area (Å²) < 4.78 is 5.72. The van der Waals surface area contributed by atoms with E-state index in [1.807, 2.05) is 36.4 Å². The number of amides is 1. The quantitative estimate of drug-likeness (QED) is 0.777. The second kappa shape index (κ2) is 8.33. The van der Waals surface area contributed by atoms with E-state index in [-0.39, 0.29) is 10.4 Å². The van der Waals surface area contributed by atoms with Crippen LogP contribution in [0.25, 0.3) is 0 Å². The van der Waals surface area contributed by atoms with Gasteiger partial charge in [0, 0.05) is 36.5 Å². The summed E-state index contributed by atoms with van der Waals surface area (Å²) in [5.74, 6) is 0.741. The van der Waals surface area contributed by atoms with E-state index in [9.17, 15) is 14.7 Å². The summed E-state index contributed by atoms with van der Waals surface area (Å²) in [5.41, 5.74) is 2.66. The molecule has 3 rings (SSSR count). The molecule has 26 heavy (non-hydrogen) atoms. The number of pyridine rings is 1. The summed E-state index contributed by atoms with van der Waals surface area (Å²) in [6.45, 7) is 2.20. The van der Waals surface area contributed by atoms with Gasteiger partial charge in [0.05, 0.1) is 12.7 Å². The Morgan fingerprint density at radius 3 is 2.58 bits per heavy atom. The predicted octanol–water partition coefficient (Wildman–Crippen LogP) is 2.65. The average Bonchev–Trinajstić information content (AvgIpc) is 2.94. The van der Waals surface area contributed by atoms with Crippen LogP contribution in [0.4, 0.5) is 4.79 Å². The average molecular weight is 372 g/mol. The van der Waals surface area contributed by atoms with Crippen molar-refractivity contribution < 1.29 is 19.4 Å². The number of aliphatic hydroxyl groups excluding tert-OH is 1. The van der Waals surface area contributed by atoms with Crippen molar-refractivity contribution in [2.75, 3.05) is 6.61 Å². The summed E-state index contributed by atoms with van der Waals surface area (Å²) in [6.07, 6.45) is 2.31. The smallest absolute Gasteiger partial charge is 0.287 e. The van der Waals surface area contributed by atoms with Gasteiger partial charge < -0.3 is 15.2 Å². The minimum absolute atomic E-state index is 0.135. The van der Waals surface area contributed by atoms with E-state index in [1.54, 1.807) is 13.1 Å². The molecule has 1 aromatic heterocycles. The number of nitrogens with one attached hydrogen (secondary N) is 1. The Labute approximate surface area is 156 Å². The molecule has 1 aliphatic rings. The molecule has 0 radical (unpaired) electrons. The van der Waals surface area contributed by atoms with Crippen LogP contribution in [0.1, 0.15) is 29.8 Å². The van der Waals surface area contributed by atoms with Crippen molar-refractivity contribution in [2.24, 2.45) is 0 Å². The number of ether oxygens (including phenoxy) is 1. The Kier molecular flexibility index (Phi) is 5.90. The molecule has 1 aromatic carbocycles. The highest BCUT2D eigenvalue weighted by atomic mass is 32.2. The lowest BCUT2D eigenvalue weighted by Crippen LogP contribution is -2.30. The topological polar surface area (TPSA) is 88.5 Å². The molecule has 0 saturated carbocycles. The van der Waals surface area contributed by atoms with Crippen LogP contribution in [0.3, 0.4) is 0 Å². The summed E-state index contributed by atoms with van der Waals surface area (Å²) in [4.78, 5) is 27.1. The van der Waals surface area contributed by atoms with Crippen molar-refractivity contribution in [1.29, 1.82) is 0 Å². The fourth-order valence-electron chi connectivity index (χ4n) is 2.59. The van der Waals surface area contributed by atoms with Crippen molar-refractivity contribution in [3.8, 4) is 5.75 Å². The summed E-state index contributed by atoms with van der Waals surface area (Å²) in [6, 6.07) is 10.8. The fraction of sp³-hybridized carbons (Fsp3) is 0.316. The van der Waals surface area contributed by atoms with Gasteiger partial charge in [-0.25, -0.2) is 0 Å². The number of hydrogen-bond donors (Lipinski definition) is 2. The first kappa shape index (κ1) is 18.4. The number of rotatable bonds is 7. The van der Waals surface area contributed by atoms with E-state index < -0.39 is 12.1 Å². The number of nitrogens with zero attached hydrogens (tertiary/aromatic N) is 1. The molecule has 0 bridgehead atoms. The molecule has 2 N–H and O–H groups in total. The van der Waals surface area contributed by atoms with Crippen molar-refractivity contribution in [3.63, 3.8) is 0 Å². The Morgan fingerprint density at radius 2 is 2.00 bits per heavy atom. The molecule has 2 aromatic rings. The molecule has 2 atom stereocenters. The van der Waals surface area contributed by atoms with Crippen LogP contribution in [0.15, 0.2) is 42.6 Å². The van der Waals surface area contributed by atoms with E-state index in [4.69, 9.17) is 4.74 Å². The Morgan fingerprint density at radius 1 is 1.23 bits per heavy atom. The van der Waals surface area contributed by atoms with Crippen LogP contribution in [0.5, 0.6) is 5.75 Å². The largest absolute Gasteiger partial charge is 0.493 e. The second-order valence-electron chi connectivity index (χ2n) is 6.11. The first-order valence-electron chi connectivity index (χ1n) is 8.38. The van der Waals surface area contributed by atoms with Crippen LogP contribution in [0.2, 0.25) is 0 Å². The first-order valence-corrected chi connectivity index (χ1v) is 9.20. The van der Waals surface area contributed by atoms with Crippen LogP contribution in [-0.4, -0.2) is 33.1 Å². The van der Waals surface area contributed by atoms with Crippen LogP contribution in [0, 0.1) is 0 Å². The molecule has 2 heterocycles. The number of carbonyl (C=O) groups excluding carboxylic acids is 2. The fourth-order valence-corrected chi connectivity index (χ4v) is 3.26. The molecule has 1 saturated heterocycles. The third kappa shape index (κ3) is 4.83. The maximum Gasteiger partial charge on any atom is 0.287 e. The highest BCUT2D eigenvalue weighted by Crippen LogP contribution is 2.20. The number of thioether (sulfide) groups is 1. The van der Waals surface area contributed by atoms with Gasteiger partial charge in [0.2, 0.25) is 5.12 Å². The standard InChI is InChI=1S/C19H20N2O4S/c1-12(22)14-4-5-15(20-11-14)8-9-25-16-6-2-13(3-7-16)10-17-18(23)26-19(24)21-17/h2-7,11-12,17,22H,8-10H2,1H3,(H,21,24)/t12-,17?/m1/s1. The third-order valence-corrected chi connectivity index (χ3v) is 4.88. The minimum Gasteiger partial charge on any atom is -0.493 e. The van der Waals surface area contributed by atoms with Crippen molar-refractivity contribution >= 4 is 22.1 Å². The van der Waals surface area contributed by atoms with E-state index in [1.165, 1.54) is 0 Å². The van der Waals surface area contributed by atoms with Gasteiger partial charge in [-0.05, 0) is 36.2 Å². The number of aromatic nitrogens is 1. The Hall–Kier alpha value is -2.38. The molecule has 1 aliphatic heterocycles. The zero-order valence-electron chi connectivity index (χ0n) is 14.3. The van der Waals surface area contributed by atoms with E-state index >= 15 is 0 Å². The lowest BCUT2D eigenvalue weighted by molar-refractivity contribution is -0.112. The van der Waals surface area contributed by atoms with Gasteiger partial charge >= 0.3 is 0 Å². The maximum atomic E-state index is 11.6. The number of aliphatic hydroxyl groups is 1. The van der Waals surface area contributed by atoms with Crippen molar-refractivity contribution in [2.45, 2.75) is 31.9 Å². The molecule has 1 amide bonds. The lowest BCUT2D eigenvalue weighted by Gasteiger charge is -2.10. The number of benzene rings is 1. The molecular weight excluding hydrogens is 352 g/mol. The highest BCUT2D eigenvalue weighted by Gasteiger charge is 2.31. The Bertz CT molecular complexity index is 775. The van der Waals surface area contributed by atoms with E-state index in [0.717, 1.165) is 34.3 Å². The number of hydrogen-bond acceptors (Lipinski definition) is 6.